The molecule has 1 aromatic carbocycles. The Morgan fingerprint density at radius 2 is 2.00 bits per heavy atom. The van der Waals surface area contributed by atoms with Crippen molar-refractivity contribution in [2.75, 3.05) is 6.54 Å². The van der Waals surface area contributed by atoms with Crippen LogP contribution in [0.2, 0.25) is 4.34 Å². The van der Waals surface area contributed by atoms with Gasteiger partial charge < -0.3 is 5.32 Å². The molecule has 1 aromatic heterocycles. The summed E-state index contributed by atoms with van der Waals surface area (Å²) in [4.78, 5) is 1.22. The van der Waals surface area contributed by atoms with Crippen molar-refractivity contribution >= 4 is 54.8 Å². The topological polar surface area (TPSA) is 12.0 Å². The molecule has 2 rings (SSSR count). The molecule has 108 valence electrons. The van der Waals surface area contributed by atoms with Crippen LogP contribution in [0.1, 0.15) is 35.4 Å². The van der Waals surface area contributed by atoms with Gasteiger partial charge in [-0.15, -0.1) is 11.3 Å². The number of hydrogen-bond acceptors (Lipinski definition) is 2. The Morgan fingerprint density at radius 1 is 1.25 bits per heavy atom. The van der Waals surface area contributed by atoms with E-state index >= 15 is 0 Å². The molecule has 1 unspecified atom stereocenters. The summed E-state index contributed by atoms with van der Waals surface area (Å²) in [5.41, 5.74) is 2.51. The first kappa shape index (κ1) is 16.5. The van der Waals surface area contributed by atoms with Gasteiger partial charge in [0.25, 0.3) is 0 Å². The highest BCUT2D eigenvalue weighted by molar-refractivity contribution is 9.10. The van der Waals surface area contributed by atoms with Crippen molar-refractivity contribution in [2.45, 2.75) is 26.3 Å². The highest BCUT2D eigenvalue weighted by Crippen LogP contribution is 2.39. The van der Waals surface area contributed by atoms with Crippen LogP contribution >= 0.6 is 54.8 Å². The van der Waals surface area contributed by atoms with Crippen molar-refractivity contribution < 1.29 is 0 Å². The molecule has 1 N–H and O–H groups in total. The Bertz CT molecular complexity index is 578. The third-order valence-corrected chi connectivity index (χ3v) is 6.27. The van der Waals surface area contributed by atoms with E-state index in [1.54, 1.807) is 11.3 Å². The van der Waals surface area contributed by atoms with E-state index in [0.717, 1.165) is 26.2 Å². The van der Waals surface area contributed by atoms with Crippen LogP contribution in [0, 0.1) is 6.92 Å². The molecule has 0 aliphatic heterocycles. The van der Waals surface area contributed by atoms with Gasteiger partial charge in [0.05, 0.1) is 6.04 Å². The fourth-order valence-corrected chi connectivity index (χ4v) is 4.35. The number of rotatable bonds is 5. The molecule has 0 spiro atoms. The van der Waals surface area contributed by atoms with Gasteiger partial charge in [-0.2, -0.15) is 0 Å². The predicted molar refractivity (Wildman–Crippen MR) is 96.0 cm³/mol. The van der Waals surface area contributed by atoms with Crippen molar-refractivity contribution in [3.8, 4) is 0 Å². The summed E-state index contributed by atoms with van der Waals surface area (Å²) in [7, 11) is 0. The quantitative estimate of drug-likeness (QED) is 0.577. The third kappa shape index (κ3) is 3.86. The zero-order valence-electron chi connectivity index (χ0n) is 11.3. The minimum Gasteiger partial charge on any atom is -0.306 e. The Kier molecular flexibility index (Phi) is 6.11. The largest absolute Gasteiger partial charge is 0.306 e. The lowest BCUT2D eigenvalue weighted by molar-refractivity contribution is 0.604. The second-order valence-electron chi connectivity index (χ2n) is 4.68. The van der Waals surface area contributed by atoms with Gasteiger partial charge >= 0.3 is 0 Å². The number of aryl methyl sites for hydroxylation is 1. The molecule has 0 aliphatic rings. The third-order valence-electron chi connectivity index (χ3n) is 3.01. The van der Waals surface area contributed by atoms with Crippen molar-refractivity contribution in [3.63, 3.8) is 0 Å². The standard InChI is InChI=1S/C15H16Br2ClNS/c1-3-6-19-14(13-8-12(17)15(18)20-13)10-7-9(2)4-5-11(10)16/h4-5,7-8,14,19H,3,6H2,1-2H3. The lowest BCUT2D eigenvalue weighted by Gasteiger charge is -2.19. The fourth-order valence-electron chi connectivity index (χ4n) is 2.04. The van der Waals surface area contributed by atoms with Crippen LogP contribution in [0.5, 0.6) is 0 Å². The molecule has 1 heterocycles. The first-order chi connectivity index (χ1) is 9.52. The van der Waals surface area contributed by atoms with Gasteiger partial charge in [-0.05, 0) is 53.5 Å². The van der Waals surface area contributed by atoms with E-state index in [1.807, 2.05) is 0 Å². The highest BCUT2D eigenvalue weighted by Gasteiger charge is 2.19. The van der Waals surface area contributed by atoms with Crippen LogP contribution in [0.25, 0.3) is 0 Å². The molecule has 0 amide bonds. The Hall–Kier alpha value is 0.130. The van der Waals surface area contributed by atoms with E-state index in [0.29, 0.717) is 0 Å². The van der Waals surface area contributed by atoms with Crippen LogP contribution in [0.15, 0.2) is 33.2 Å². The SMILES string of the molecule is CCCNC(c1cc(Br)c(Cl)s1)c1cc(C)ccc1Br. The number of benzene rings is 1. The summed E-state index contributed by atoms with van der Waals surface area (Å²) in [6, 6.07) is 8.71. The summed E-state index contributed by atoms with van der Waals surface area (Å²) < 4.78 is 2.88. The molecule has 1 atom stereocenters. The molecule has 2 aromatic rings. The van der Waals surface area contributed by atoms with E-state index < -0.39 is 0 Å². The minimum absolute atomic E-state index is 0.165. The lowest BCUT2D eigenvalue weighted by atomic mass is 10.0. The molecule has 0 aliphatic carbocycles. The average molecular weight is 438 g/mol. The molecule has 1 nitrogen and oxygen atoms in total. The summed E-state index contributed by atoms with van der Waals surface area (Å²) in [6.07, 6.45) is 1.10. The Labute approximate surface area is 146 Å². The number of hydrogen-bond donors (Lipinski definition) is 1. The average Bonchev–Trinajstić information content (AvgIpc) is 2.74. The van der Waals surface area contributed by atoms with Crippen LogP contribution in [-0.4, -0.2) is 6.54 Å². The maximum Gasteiger partial charge on any atom is 0.107 e. The molecular weight excluding hydrogens is 422 g/mol. The zero-order chi connectivity index (χ0) is 14.7. The van der Waals surface area contributed by atoms with Gasteiger partial charge in [0.15, 0.2) is 0 Å². The van der Waals surface area contributed by atoms with E-state index in [-0.39, 0.29) is 6.04 Å². The summed E-state index contributed by atoms with van der Waals surface area (Å²) >= 11 is 15.0. The van der Waals surface area contributed by atoms with Crippen LogP contribution in [-0.2, 0) is 0 Å². The van der Waals surface area contributed by atoms with Crippen molar-refractivity contribution in [2.24, 2.45) is 0 Å². The van der Waals surface area contributed by atoms with Crippen molar-refractivity contribution in [1.29, 1.82) is 0 Å². The molecular formula is C15H16Br2ClNS. The predicted octanol–water partition coefficient (Wildman–Crippen LogP) is 6.32. The fraction of sp³-hybridized carbons (Fsp3) is 0.333. The van der Waals surface area contributed by atoms with Gasteiger partial charge in [-0.25, -0.2) is 0 Å². The highest BCUT2D eigenvalue weighted by atomic mass is 79.9. The Morgan fingerprint density at radius 3 is 2.60 bits per heavy atom. The maximum atomic E-state index is 6.20. The van der Waals surface area contributed by atoms with Crippen LogP contribution < -0.4 is 5.32 Å². The van der Waals surface area contributed by atoms with E-state index in [4.69, 9.17) is 11.6 Å². The molecule has 0 bridgehead atoms. The van der Waals surface area contributed by atoms with Gasteiger partial charge in [0.1, 0.15) is 4.34 Å². The monoisotopic (exact) mass is 435 g/mol. The van der Waals surface area contributed by atoms with Crippen LogP contribution in [0.3, 0.4) is 0 Å². The lowest BCUT2D eigenvalue weighted by Crippen LogP contribution is -2.22. The maximum absolute atomic E-state index is 6.20. The van der Waals surface area contributed by atoms with E-state index in [2.05, 4.69) is 75.3 Å². The Balaban J connectivity index is 2.43. The van der Waals surface area contributed by atoms with Gasteiger partial charge in [0, 0.05) is 13.8 Å². The number of halogens is 3. The molecule has 20 heavy (non-hydrogen) atoms. The van der Waals surface area contributed by atoms with E-state index in [9.17, 15) is 0 Å². The first-order valence-corrected chi connectivity index (χ1v) is 9.25. The molecule has 5 heteroatoms. The number of thiophene rings is 1. The van der Waals surface area contributed by atoms with Crippen molar-refractivity contribution in [1.82, 2.24) is 5.32 Å². The second kappa shape index (κ2) is 7.41. The van der Waals surface area contributed by atoms with Crippen molar-refractivity contribution in [3.05, 3.63) is 53.6 Å². The summed E-state index contributed by atoms with van der Waals surface area (Å²) in [5.74, 6) is 0. The molecule has 0 saturated carbocycles. The number of nitrogens with one attached hydrogen (secondary N) is 1. The first-order valence-electron chi connectivity index (χ1n) is 6.47. The smallest absolute Gasteiger partial charge is 0.107 e. The normalized spacial score (nSPS) is 12.7. The molecule has 0 radical (unpaired) electrons. The van der Waals surface area contributed by atoms with Gasteiger partial charge in [-0.3, -0.25) is 0 Å². The van der Waals surface area contributed by atoms with Gasteiger partial charge in [-0.1, -0.05) is 52.2 Å². The summed E-state index contributed by atoms with van der Waals surface area (Å²) in [6.45, 7) is 5.26. The van der Waals surface area contributed by atoms with Crippen LogP contribution in [0.4, 0.5) is 0 Å². The molecule has 0 fully saturated rings. The zero-order valence-corrected chi connectivity index (χ0v) is 16.1. The minimum atomic E-state index is 0.165. The summed E-state index contributed by atoms with van der Waals surface area (Å²) in [5, 5.41) is 3.61. The van der Waals surface area contributed by atoms with E-state index in [1.165, 1.54) is 16.0 Å². The second-order valence-corrected chi connectivity index (χ2v) is 8.08. The molecule has 0 saturated heterocycles. The van der Waals surface area contributed by atoms with Gasteiger partial charge in [0.2, 0.25) is 0 Å².